The number of carbonyl (C=O) groups is 1. The molecule has 17 heavy (non-hydrogen) atoms. The van der Waals surface area contributed by atoms with Gasteiger partial charge < -0.3 is 5.32 Å². The van der Waals surface area contributed by atoms with E-state index in [1.54, 1.807) is 0 Å². The van der Waals surface area contributed by atoms with Crippen molar-refractivity contribution in [1.29, 1.82) is 0 Å². The number of hydrogen-bond donors (Lipinski definition) is 1. The summed E-state index contributed by atoms with van der Waals surface area (Å²) < 4.78 is 0. The molecular weight excluding hydrogens is 210 g/mol. The largest absolute Gasteiger partial charge is 0.350 e. The summed E-state index contributed by atoms with van der Waals surface area (Å²) in [7, 11) is 0. The lowest BCUT2D eigenvalue weighted by Crippen LogP contribution is -2.32. The number of rotatable bonds is 3. The second-order valence-electron chi connectivity index (χ2n) is 4.97. The SMILES string of the molecule is CCC(C)NC(=O)c1ccc2c(c1)CCCC2. The minimum absolute atomic E-state index is 0.0627. The van der Waals surface area contributed by atoms with Gasteiger partial charge in [-0.2, -0.15) is 0 Å². The van der Waals surface area contributed by atoms with E-state index < -0.39 is 0 Å². The number of carbonyl (C=O) groups excluding carboxylic acids is 1. The molecule has 0 saturated carbocycles. The molecule has 0 heterocycles. The maximum atomic E-state index is 12.0. The molecule has 0 aliphatic heterocycles. The van der Waals surface area contributed by atoms with Crippen molar-refractivity contribution in [3.05, 3.63) is 34.9 Å². The van der Waals surface area contributed by atoms with Crippen LogP contribution in [0.1, 0.15) is 54.6 Å². The molecule has 1 aromatic rings. The van der Waals surface area contributed by atoms with Crippen molar-refractivity contribution in [2.75, 3.05) is 0 Å². The van der Waals surface area contributed by atoms with E-state index in [1.165, 1.54) is 30.4 Å². The predicted molar refractivity (Wildman–Crippen MR) is 70.3 cm³/mol. The first-order valence-corrected chi connectivity index (χ1v) is 6.63. The van der Waals surface area contributed by atoms with E-state index in [2.05, 4.69) is 24.4 Å². The van der Waals surface area contributed by atoms with Gasteiger partial charge in [-0.1, -0.05) is 13.0 Å². The number of amides is 1. The van der Waals surface area contributed by atoms with Crippen LogP contribution in [-0.2, 0) is 12.8 Å². The molecule has 92 valence electrons. The van der Waals surface area contributed by atoms with Crippen molar-refractivity contribution in [3.63, 3.8) is 0 Å². The number of benzene rings is 1. The summed E-state index contributed by atoms with van der Waals surface area (Å²) in [6, 6.07) is 6.41. The van der Waals surface area contributed by atoms with Gasteiger partial charge in [-0.05, 0) is 62.3 Å². The molecule has 2 rings (SSSR count). The topological polar surface area (TPSA) is 29.1 Å². The van der Waals surface area contributed by atoms with E-state index in [-0.39, 0.29) is 11.9 Å². The Morgan fingerprint density at radius 1 is 1.29 bits per heavy atom. The third-order valence-electron chi connectivity index (χ3n) is 3.60. The highest BCUT2D eigenvalue weighted by Crippen LogP contribution is 2.22. The molecule has 0 saturated heterocycles. The summed E-state index contributed by atoms with van der Waals surface area (Å²) in [6.07, 6.45) is 5.80. The molecule has 2 nitrogen and oxygen atoms in total. The highest BCUT2D eigenvalue weighted by atomic mass is 16.1. The van der Waals surface area contributed by atoms with Gasteiger partial charge in [-0.25, -0.2) is 0 Å². The summed E-state index contributed by atoms with van der Waals surface area (Å²) >= 11 is 0. The molecule has 1 amide bonds. The van der Waals surface area contributed by atoms with Gasteiger partial charge in [0.15, 0.2) is 0 Å². The molecular formula is C15H21NO. The van der Waals surface area contributed by atoms with E-state index in [4.69, 9.17) is 0 Å². The lowest BCUT2D eigenvalue weighted by atomic mass is 9.90. The van der Waals surface area contributed by atoms with Crippen LogP contribution in [-0.4, -0.2) is 11.9 Å². The average Bonchev–Trinajstić information content (AvgIpc) is 2.38. The van der Waals surface area contributed by atoms with Crippen molar-refractivity contribution < 1.29 is 4.79 Å². The van der Waals surface area contributed by atoms with E-state index >= 15 is 0 Å². The zero-order valence-corrected chi connectivity index (χ0v) is 10.8. The van der Waals surface area contributed by atoms with Crippen molar-refractivity contribution in [1.82, 2.24) is 5.32 Å². The molecule has 0 spiro atoms. The first-order valence-electron chi connectivity index (χ1n) is 6.63. The molecule has 2 heteroatoms. The van der Waals surface area contributed by atoms with Crippen LogP contribution in [0.2, 0.25) is 0 Å². The van der Waals surface area contributed by atoms with Gasteiger partial charge in [-0.3, -0.25) is 4.79 Å². The molecule has 1 atom stereocenters. The molecule has 1 aliphatic carbocycles. The fourth-order valence-corrected chi connectivity index (χ4v) is 2.28. The van der Waals surface area contributed by atoms with Crippen LogP contribution in [0.15, 0.2) is 18.2 Å². The standard InChI is InChI=1S/C15H21NO/c1-3-11(2)16-15(17)14-9-8-12-6-4-5-7-13(12)10-14/h8-11H,3-7H2,1-2H3,(H,16,17). The molecule has 1 aromatic carbocycles. The first kappa shape index (κ1) is 12.2. The zero-order valence-electron chi connectivity index (χ0n) is 10.8. The molecule has 0 radical (unpaired) electrons. The van der Waals surface area contributed by atoms with Crippen LogP contribution in [0.3, 0.4) is 0 Å². The van der Waals surface area contributed by atoms with Crippen LogP contribution in [0.25, 0.3) is 0 Å². The Bertz CT molecular complexity index is 411. The molecule has 0 fully saturated rings. The van der Waals surface area contributed by atoms with E-state index in [0.29, 0.717) is 0 Å². The fraction of sp³-hybridized carbons (Fsp3) is 0.533. The highest BCUT2D eigenvalue weighted by molar-refractivity contribution is 5.94. The van der Waals surface area contributed by atoms with Crippen LogP contribution in [0.4, 0.5) is 0 Å². The summed E-state index contributed by atoms with van der Waals surface area (Å²) in [4.78, 5) is 12.0. The first-order chi connectivity index (χ1) is 8.20. The Morgan fingerprint density at radius 3 is 2.71 bits per heavy atom. The smallest absolute Gasteiger partial charge is 0.251 e. The molecule has 1 N–H and O–H groups in total. The maximum absolute atomic E-state index is 12.0. The Hall–Kier alpha value is -1.31. The van der Waals surface area contributed by atoms with Gasteiger partial charge in [0.25, 0.3) is 5.91 Å². The van der Waals surface area contributed by atoms with Gasteiger partial charge >= 0.3 is 0 Å². The number of aryl methyl sites for hydroxylation is 2. The van der Waals surface area contributed by atoms with Gasteiger partial charge in [0.1, 0.15) is 0 Å². The number of nitrogens with one attached hydrogen (secondary N) is 1. The number of hydrogen-bond acceptors (Lipinski definition) is 1. The third kappa shape index (κ3) is 2.87. The Kier molecular flexibility index (Phi) is 3.82. The Labute approximate surface area is 103 Å². The van der Waals surface area contributed by atoms with Crippen molar-refractivity contribution in [2.24, 2.45) is 0 Å². The summed E-state index contributed by atoms with van der Waals surface area (Å²) in [5.41, 5.74) is 3.61. The van der Waals surface area contributed by atoms with Gasteiger partial charge in [0.2, 0.25) is 0 Å². The fourth-order valence-electron chi connectivity index (χ4n) is 2.28. The second kappa shape index (κ2) is 5.35. The van der Waals surface area contributed by atoms with Crippen molar-refractivity contribution >= 4 is 5.91 Å². The maximum Gasteiger partial charge on any atom is 0.251 e. The third-order valence-corrected chi connectivity index (χ3v) is 3.60. The van der Waals surface area contributed by atoms with Crippen molar-refractivity contribution in [2.45, 2.75) is 52.0 Å². The van der Waals surface area contributed by atoms with E-state index in [9.17, 15) is 4.79 Å². The van der Waals surface area contributed by atoms with Crippen LogP contribution in [0.5, 0.6) is 0 Å². The van der Waals surface area contributed by atoms with Crippen LogP contribution >= 0.6 is 0 Å². The van der Waals surface area contributed by atoms with E-state index in [1.807, 2.05) is 13.0 Å². The van der Waals surface area contributed by atoms with Crippen molar-refractivity contribution in [3.8, 4) is 0 Å². The summed E-state index contributed by atoms with van der Waals surface area (Å²) in [5, 5.41) is 3.01. The summed E-state index contributed by atoms with van der Waals surface area (Å²) in [6.45, 7) is 4.12. The second-order valence-corrected chi connectivity index (χ2v) is 4.97. The average molecular weight is 231 g/mol. The van der Waals surface area contributed by atoms with Gasteiger partial charge in [0.05, 0.1) is 0 Å². The Morgan fingerprint density at radius 2 is 2.00 bits per heavy atom. The minimum atomic E-state index is 0.0627. The molecule has 0 bridgehead atoms. The van der Waals surface area contributed by atoms with Gasteiger partial charge in [0, 0.05) is 11.6 Å². The lowest BCUT2D eigenvalue weighted by Gasteiger charge is -2.17. The number of fused-ring (bicyclic) bond motifs is 1. The van der Waals surface area contributed by atoms with Crippen LogP contribution in [0, 0.1) is 0 Å². The monoisotopic (exact) mass is 231 g/mol. The molecule has 1 unspecified atom stereocenters. The quantitative estimate of drug-likeness (QED) is 0.851. The Balaban J connectivity index is 2.13. The highest BCUT2D eigenvalue weighted by Gasteiger charge is 2.13. The zero-order chi connectivity index (χ0) is 12.3. The molecule has 0 aromatic heterocycles. The summed E-state index contributed by atoms with van der Waals surface area (Å²) in [5.74, 6) is 0.0627. The predicted octanol–water partition coefficient (Wildman–Crippen LogP) is 3.09. The molecule has 1 aliphatic rings. The minimum Gasteiger partial charge on any atom is -0.350 e. The van der Waals surface area contributed by atoms with Gasteiger partial charge in [-0.15, -0.1) is 0 Å². The van der Waals surface area contributed by atoms with E-state index in [0.717, 1.165) is 18.4 Å². The van der Waals surface area contributed by atoms with Crippen LogP contribution < -0.4 is 5.32 Å². The normalized spacial score (nSPS) is 16.1. The lowest BCUT2D eigenvalue weighted by molar-refractivity contribution is 0.0939.